The molecule has 8 aromatic rings. The minimum absolute atomic E-state index is 0.924. The number of rotatable bonds is 8. The normalized spacial score (nSPS) is 10.9. The van der Waals surface area contributed by atoms with Crippen molar-refractivity contribution in [3.8, 4) is 66.8 Å². The molecule has 0 fully saturated rings. The number of benzene rings is 8. The molecule has 0 spiro atoms. The van der Waals surface area contributed by atoms with Crippen molar-refractivity contribution in [3.63, 3.8) is 0 Å². The Kier molecular flexibility index (Phi) is 8.39. The van der Waals surface area contributed by atoms with Gasteiger partial charge in [0, 0.05) is 11.1 Å². The van der Waals surface area contributed by atoms with E-state index in [-0.39, 0.29) is 0 Å². The summed E-state index contributed by atoms with van der Waals surface area (Å²) in [6.07, 6.45) is 0. The second kappa shape index (κ2) is 13.7. The van der Waals surface area contributed by atoms with Gasteiger partial charge in [-0.2, -0.15) is 0 Å². The number of hydrogen-bond acceptors (Lipinski definition) is 0. The minimum atomic E-state index is 0.924. The molecule has 0 bridgehead atoms. The van der Waals surface area contributed by atoms with Crippen LogP contribution in [0, 0.1) is 0 Å². The first kappa shape index (κ1) is 29.9. The number of hydrogen-bond donors (Lipinski definition) is 0. The van der Waals surface area contributed by atoms with E-state index < -0.39 is 0 Å². The quantitative estimate of drug-likeness (QED) is 0.160. The van der Waals surface area contributed by atoms with Gasteiger partial charge in [0.05, 0.1) is 11.4 Å². The first-order valence-corrected chi connectivity index (χ1v) is 16.7. The van der Waals surface area contributed by atoms with E-state index in [9.17, 15) is 0 Å². The fourth-order valence-electron chi connectivity index (χ4n) is 6.82. The second-order valence-corrected chi connectivity index (χ2v) is 12.1. The standard InChI is InChI=1S/C48H34N/c1-7-19-35(20-8-1)41-31-33-43(47(39-27-15-5-16-28-39)45(41)37-23-11-3-12-24-37)49-44-34-32-42(36-21-9-2-10-22-36)46(38-25-13-4-14-26-38)48(44)40-29-17-6-18-30-40/h1-34H. The average molecular weight is 625 g/mol. The second-order valence-electron chi connectivity index (χ2n) is 12.1. The largest absolute Gasteiger partial charge is 0.248 e. The Bertz CT molecular complexity index is 2130. The van der Waals surface area contributed by atoms with Gasteiger partial charge >= 0.3 is 0 Å². The molecular formula is C48H34N. The Hall–Kier alpha value is -6.44. The summed E-state index contributed by atoms with van der Waals surface area (Å²) >= 11 is 0. The predicted molar refractivity (Wildman–Crippen MR) is 207 cm³/mol. The van der Waals surface area contributed by atoms with Crippen molar-refractivity contribution in [2.45, 2.75) is 0 Å². The SMILES string of the molecule is c1ccc(-c2ccc([N]c3ccc(-c4ccccc4)c(-c4ccccc4)c3-c3ccccc3)c(-c3ccccc3)c2-c2ccccc2)cc1. The van der Waals surface area contributed by atoms with Gasteiger partial charge in [-0.1, -0.05) is 194 Å². The lowest BCUT2D eigenvalue weighted by Gasteiger charge is -2.23. The van der Waals surface area contributed by atoms with Gasteiger partial charge in [0.1, 0.15) is 0 Å². The maximum absolute atomic E-state index is 5.64. The molecule has 1 heteroatoms. The smallest absolute Gasteiger partial charge is 0.0722 e. The summed E-state index contributed by atoms with van der Waals surface area (Å²) in [6.45, 7) is 0. The third-order valence-corrected chi connectivity index (χ3v) is 9.03. The van der Waals surface area contributed by atoms with Gasteiger partial charge in [0.2, 0.25) is 0 Å². The lowest BCUT2D eigenvalue weighted by Crippen LogP contribution is -2.01. The van der Waals surface area contributed by atoms with Crippen LogP contribution in [0.4, 0.5) is 11.4 Å². The van der Waals surface area contributed by atoms with Gasteiger partial charge in [0.15, 0.2) is 0 Å². The van der Waals surface area contributed by atoms with Gasteiger partial charge in [-0.3, -0.25) is 0 Å². The number of nitrogens with zero attached hydrogens (tertiary/aromatic N) is 1. The van der Waals surface area contributed by atoms with Crippen molar-refractivity contribution >= 4 is 11.4 Å². The Morgan fingerprint density at radius 1 is 0.204 bits per heavy atom. The molecule has 0 aliphatic carbocycles. The molecule has 231 valence electrons. The summed E-state index contributed by atoms with van der Waals surface area (Å²) < 4.78 is 0. The van der Waals surface area contributed by atoms with Gasteiger partial charge in [0.25, 0.3) is 0 Å². The molecule has 0 heterocycles. The summed E-state index contributed by atoms with van der Waals surface area (Å²) in [5, 5.41) is 5.64. The zero-order valence-corrected chi connectivity index (χ0v) is 27.1. The lowest BCUT2D eigenvalue weighted by atomic mass is 9.85. The molecule has 0 aliphatic heterocycles. The van der Waals surface area contributed by atoms with Crippen molar-refractivity contribution in [2.24, 2.45) is 0 Å². The summed E-state index contributed by atoms with van der Waals surface area (Å²) in [4.78, 5) is 0. The van der Waals surface area contributed by atoms with Crippen LogP contribution in [0.5, 0.6) is 0 Å². The third kappa shape index (κ3) is 6.06. The van der Waals surface area contributed by atoms with E-state index in [1.807, 2.05) is 0 Å². The molecule has 0 unspecified atom stereocenters. The monoisotopic (exact) mass is 624 g/mol. The fraction of sp³-hybridized carbons (Fsp3) is 0. The maximum Gasteiger partial charge on any atom is 0.0722 e. The van der Waals surface area contributed by atoms with Gasteiger partial charge in [-0.15, -0.1) is 0 Å². The van der Waals surface area contributed by atoms with Crippen molar-refractivity contribution in [3.05, 3.63) is 206 Å². The van der Waals surface area contributed by atoms with Crippen LogP contribution in [0.1, 0.15) is 0 Å². The van der Waals surface area contributed by atoms with Crippen molar-refractivity contribution < 1.29 is 0 Å². The van der Waals surface area contributed by atoms with Crippen LogP contribution >= 0.6 is 0 Å². The molecule has 0 atom stereocenters. The van der Waals surface area contributed by atoms with E-state index in [0.717, 1.165) is 44.8 Å². The van der Waals surface area contributed by atoms with Gasteiger partial charge in [-0.05, 0) is 67.8 Å². The van der Waals surface area contributed by atoms with Crippen LogP contribution in [0.15, 0.2) is 206 Å². The van der Waals surface area contributed by atoms with Gasteiger partial charge in [-0.25, -0.2) is 5.32 Å². The molecule has 1 nitrogen and oxygen atoms in total. The van der Waals surface area contributed by atoms with Crippen molar-refractivity contribution in [1.29, 1.82) is 0 Å². The Morgan fingerprint density at radius 3 is 0.735 bits per heavy atom. The third-order valence-electron chi connectivity index (χ3n) is 9.03. The van der Waals surface area contributed by atoms with E-state index in [2.05, 4.69) is 206 Å². The van der Waals surface area contributed by atoms with E-state index >= 15 is 0 Å². The Labute approximate surface area is 288 Å². The van der Waals surface area contributed by atoms with Crippen LogP contribution in [-0.4, -0.2) is 0 Å². The van der Waals surface area contributed by atoms with E-state index in [1.165, 1.54) is 33.4 Å². The van der Waals surface area contributed by atoms with E-state index in [1.54, 1.807) is 0 Å². The highest BCUT2D eigenvalue weighted by molar-refractivity contribution is 6.02. The molecule has 0 aliphatic rings. The molecule has 8 aromatic carbocycles. The summed E-state index contributed by atoms with van der Waals surface area (Å²) in [5.41, 5.74) is 15.7. The molecule has 0 saturated heterocycles. The van der Waals surface area contributed by atoms with Crippen LogP contribution in [0.2, 0.25) is 0 Å². The molecular weight excluding hydrogens is 591 g/mol. The van der Waals surface area contributed by atoms with E-state index in [4.69, 9.17) is 5.32 Å². The predicted octanol–water partition coefficient (Wildman–Crippen LogP) is 13.3. The average Bonchev–Trinajstić information content (AvgIpc) is 3.19. The molecule has 1 radical (unpaired) electrons. The summed E-state index contributed by atoms with van der Waals surface area (Å²) in [5.74, 6) is 0. The zero-order chi connectivity index (χ0) is 32.8. The minimum Gasteiger partial charge on any atom is -0.248 e. The van der Waals surface area contributed by atoms with Crippen LogP contribution < -0.4 is 5.32 Å². The first-order valence-electron chi connectivity index (χ1n) is 16.7. The van der Waals surface area contributed by atoms with Crippen molar-refractivity contribution in [2.75, 3.05) is 0 Å². The molecule has 0 N–H and O–H groups in total. The molecule has 0 saturated carbocycles. The highest BCUT2D eigenvalue weighted by Crippen LogP contribution is 2.49. The lowest BCUT2D eigenvalue weighted by molar-refractivity contribution is 1.19. The van der Waals surface area contributed by atoms with Crippen LogP contribution in [-0.2, 0) is 0 Å². The summed E-state index contributed by atoms with van der Waals surface area (Å²) in [6, 6.07) is 73.0. The Morgan fingerprint density at radius 2 is 0.449 bits per heavy atom. The molecule has 0 amide bonds. The topological polar surface area (TPSA) is 14.1 Å². The van der Waals surface area contributed by atoms with E-state index in [0.29, 0.717) is 0 Å². The Balaban J connectivity index is 1.42. The van der Waals surface area contributed by atoms with Crippen LogP contribution in [0.3, 0.4) is 0 Å². The first-order chi connectivity index (χ1) is 24.3. The maximum atomic E-state index is 5.64. The molecule has 0 aromatic heterocycles. The molecule has 8 rings (SSSR count). The fourth-order valence-corrected chi connectivity index (χ4v) is 6.82. The highest BCUT2D eigenvalue weighted by atomic mass is 14.9. The van der Waals surface area contributed by atoms with Crippen molar-refractivity contribution in [1.82, 2.24) is 5.32 Å². The van der Waals surface area contributed by atoms with Gasteiger partial charge < -0.3 is 0 Å². The summed E-state index contributed by atoms with van der Waals surface area (Å²) in [7, 11) is 0. The van der Waals surface area contributed by atoms with Crippen LogP contribution in [0.25, 0.3) is 66.8 Å². The molecule has 49 heavy (non-hydrogen) atoms. The zero-order valence-electron chi connectivity index (χ0n) is 27.1. The highest BCUT2D eigenvalue weighted by Gasteiger charge is 2.23.